The van der Waals surface area contributed by atoms with E-state index in [1.54, 1.807) is 0 Å². The second kappa shape index (κ2) is 9.25. The average molecular weight is 467 g/mol. The lowest BCUT2D eigenvalue weighted by Gasteiger charge is -2.24. The second-order valence-electron chi connectivity index (χ2n) is 8.65. The van der Waals surface area contributed by atoms with E-state index in [1.807, 2.05) is 6.07 Å². The van der Waals surface area contributed by atoms with Crippen LogP contribution in [0.1, 0.15) is 0 Å². The largest absolute Gasteiger partial charge is 0.0843 e. The van der Waals surface area contributed by atoms with Gasteiger partial charge in [0.05, 0.1) is 0 Å². The number of fused-ring (bicyclic) bond motifs is 1. The minimum atomic E-state index is 0.736. The zero-order valence-electron chi connectivity index (χ0n) is 19.2. The molecule has 0 aromatic heterocycles. The zero-order valence-corrected chi connectivity index (χ0v) is 19.9. The molecule has 0 N–H and O–H groups in total. The summed E-state index contributed by atoms with van der Waals surface area (Å²) in [5.41, 5.74) is 9.62. The van der Waals surface area contributed by atoms with Crippen LogP contribution in [0.5, 0.6) is 0 Å². The Balaban J connectivity index is 1.91. The standard InChI is InChI=1S/C34H23Cl/c35-28-21-22-29-30(23-28)32(25-15-7-2-8-16-25)34(27-19-11-4-12-20-27)33(26-17-9-3-10-18-26)31(29)24-13-5-1-6-14-24/h1-23H. The van der Waals surface area contributed by atoms with Gasteiger partial charge in [-0.3, -0.25) is 0 Å². The Morgan fingerprint density at radius 1 is 0.314 bits per heavy atom. The first-order valence-electron chi connectivity index (χ1n) is 11.8. The van der Waals surface area contributed by atoms with Crippen molar-refractivity contribution in [2.45, 2.75) is 0 Å². The predicted octanol–water partition coefficient (Wildman–Crippen LogP) is 10.2. The first kappa shape index (κ1) is 21.4. The van der Waals surface area contributed by atoms with Crippen LogP contribution in [0.3, 0.4) is 0 Å². The van der Waals surface area contributed by atoms with E-state index in [0.717, 1.165) is 10.4 Å². The summed E-state index contributed by atoms with van der Waals surface area (Å²) in [6, 6.07) is 49.1. The van der Waals surface area contributed by atoms with Crippen molar-refractivity contribution in [2.75, 3.05) is 0 Å². The number of halogens is 1. The topological polar surface area (TPSA) is 0 Å². The van der Waals surface area contributed by atoms with E-state index >= 15 is 0 Å². The molecule has 0 atom stereocenters. The smallest absolute Gasteiger partial charge is 0.0412 e. The van der Waals surface area contributed by atoms with Gasteiger partial charge in [0.25, 0.3) is 0 Å². The molecule has 0 spiro atoms. The molecule has 0 nitrogen and oxygen atoms in total. The van der Waals surface area contributed by atoms with Gasteiger partial charge >= 0.3 is 0 Å². The quantitative estimate of drug-likeness (QED) is 0.242. The third kappa shape index (κ3) is 3.93. The minimum Gasteiger partial charge on any atom is -0.0843 e. The molecule has 6 aromatic carbocycles. The Hall–Kier alpha value is -4.13. The van der Waals surface area contributed by atoms with E-state index in [9.17, 15) is 0 Å². The van der Waals surface area contributed by atoms with Crippen molar-refractivity contribution in [3.8, 4) is 44.5 Å². The van der Waals surface area contributed by atoms with Crippen molar-refractivity contribution in [3.05, 3.63) is 145 Å². The molecule has 0 aliphatic heterocycles. The Morgan fingerprint density at radius 3 is 1.06 bits per heavy atom. The maximum Gasteiger partial charge on any atom is 0.0412 e. The lowest BCUT2D eigenvalue weighted by Crippen LogP contribution is -1.97. The van der Waals surface area contributed by atoms with Crippen molar-refractivity contribution in [1.29, 1.82) is 0 Å². The maximum atomic E-state index is 6.63. The number of rotatable bonds is 4. The third-order valence-corrected chi connectivity index (χ3v) is 6.76. The van der Waals surface area contributed by atoms with E-state index in [0.29, 0.717) is 0 Å². The molecule has 6 rings (SSSR count). The highest BCUT2D eigenvalue weighted by atomic mass is 35.5. The Bertz CT molecular complexity index is 1600. The zero-order chi connectivity index (χ0) is 23.6. The first-order chi connectivity index (χ1) is 17.3. The van der Waals surface area contributed by atoms with Crippen molar-refractivity contribution in [1.82, 2.24) is 0 Å². The van der Waals surface area contributed by atoms with Crippen LogP contribution in [0, 0.1) is 0 Å². The fourth-order valence-corrected chi connectivity index (χ4v) is 5.23. The van der Waals surface area contributed by atoms with Crippen LogP contribution in [0.2, 0.25) is 5.02 Å². The minimum absolute atomic E-state index is 0.736. The maximum absolute atomic E-state index is 6.63. The predicted molar refractivity (Wildman–Crippen MR) is 151 cm³/mol. The lowest BCUT2D eigenvalue weighted by molar-refractivity contribution is 1.57. The molecule has 0 saturated heterocycles. The molecule has 0 aliphatic rings. The summed E-state index contributed by atoms with van der Waals surface area (Å²) in [6.45, 7) is 0. The number of benzene rings is 6. The Labute approximate surface area is 211 Å². The molecule has 1 heteroatoms. The highest BCUT2D eigenvalue weighted by Crippen LogP contribution is 2.51. The summed E-state index contributed by atoms with van der Waals surface area (Å²) in [5, 5.41) is 3.08. The van der Waals surface area contributed by atoms with Gasteiger partial charge in [0.1, 0.15) is 0 Å². The van der Waals surface area contributed by atoms with Crippen LogP contribution in [0.4, 0.5) is 0 Å². The molecule has 6 aromatic rings. The molecule has 0 aliphatic carbocycles. The van der Waals surface area contributed by atoms with Crippen molar-refractivity contribution >= 4 is 22.4 Å². The van der Waals surface area contributed by atoms with E-state index in [-0.39, 0.29) is 0 Å². The Kier molecular flexibility index (Phi) is 5.66. The van der Waals surface area contributed by atoms with Gasteiger partial charge in [0.15, 0.2) is 0 Å². The van der Waals surface area contributed by atoms with Gasteiger partial charge < -0.3 is 0 Å². The van der Waals surface area contributed by atoms with Crippen LogP contribution in [0.25, 0.3) is 55.3 Å². The van der Waals surface area contributed by atoms with Gasteiger partial charge in [-0.15, -0.1) is 0 Å². The van der Waals surface area contributed by atoms with Crippen LogP contribution in [-0.2, 0) is 0 Å². The Morgan fingerprint density at radius 2 is 0.657 bits per heavy atom. The van der Waals surface area contributed by atoms with Crippen LogP contribution >= 0.6 is 11.6 Å². The van der Waals surface area contributed by atoms with Crippen molar-refractivity contribution in [2.24, 2.45) is 0 Å². The molecular weight excluding hydrogens is 444 g/mol. The van der Waals surface area contributed by atoms with Gasteiger partial charge in [0.2, 0.25) is 0 Å². The fraction of sp³-hybridized carbons (Fsp3) is 0. The summed E-state index contributed by atoms with van der Waals surface area (Å²) >= 11 is 6.63. The van der Waals surface area contributed by atoms with E-state index in [1.165, 1.54) is 49.9 Å². The van der Waals surface area contributed by atoms with E-state index in [2.05, 4.69) is 133 Å². The number of hydrogen-bond donors (Lipinski definition) is 0. The molecule has 35 heavy (non-hydrogen) atoms. The molecule has 0 fully saturated rings. The highest BCUT2D eigenvalue weighted by Gasteiger charge is 2.23. The monoisotopic (exact) mass is 466 g/mol. The second-order valence-corrected chi connectivity index (χ2v) is 9.09. The van der Waals surface area contributed by atoms with Gasteiger partial charge in [-0.1, -0.05) is 139 Å². The van der Waals surface area contributed by atoms with Crippen molar-refractivity contribution < 1.29 is 0 Å². The van der Waals surface area contributed by atoms with Gasteiger partial charge in [-0.25, -0.2) is 0 Å². The number of hydrogen-bond acceptors (Lipinski definition) is 0. The summed E-state index contributed by atoms with van der Waals surface area (Å²) in [5.74, 6) is 0. The van der Waals surface area contributed by atoms with E-state index in [4.69, 9.17) is 11.6 Å². The fourth-order valence-electron chi connectivity index (χ4n) is 5.06. The molecular formula is C34H23Cl. The molecule has 0 heterocycles. The van der Waals surface area contributed by atoms with Crippen LogP contribution < -0.4 is 0 Å². The molecule has 0 unspecified atom stereocenters. The summed E-state index contributed by atoms with van der Waals surface area (Å²) < 4.78 is 0. The van der Waals surface area contributed by atoms with Crippen LogP contribution in [0.15, 0.2) is 140 Å². The van der Waals surface area contributed by atoms with Gasteiger partial charge in [-0.05, 0) is 67.4 Å². The molecule has 166 valence electrons. The lowest BCUT2D eigenvalue weighted by atomic mass is 9.79. The summed E-state index contributed by atoms with van der Waals surface area (Å²) in [6.07, 6.45) is 0. The summed E-state index contributed by atoms with van der Waals surface area (Å²) in [7, 11) is 0. The van der Waals surface area contributed by atoms with E-state index < -0.39 is 0 Å². The van der Waals surface area contributed by atoms with Gasteiger partial charge in [-0.2, -0.15) is 0 Å². The SMILES string of the molecule is Clc1ccc2c(-c3ccccc3)c(-c3ccccc3)c(-c3ccccc3)c(-c3ccccc3)c2c1. The highest BCUT2D eigenvalue weighted by molar-refractivity contribution is 6.32. The molecule has 0 bridgehead atoms. The molecule has 0 saturated carbocycles. The van der Waals surface area contributed by atoms with Crippen LogP contribution in [-0.4, -0.2) is 0 Å². The first-order valence-corrected chi connectivity index (χ1v) is 12.2. The van der Waals surface area contributed by atoms with Crippen molar-refractivity contribution in [3.63, 3.8) is 0 Å². The third-order valence-electron chi connectivity index (χ3n) is 6.52. The average Bonchev–Trinajstić information content (AvgIpc) is 2.93. The van der Waals surface area contributed by atoms with Gasteiger partial charge in [0, 0.05) is 5.02 Å². The molecule has 0 amide bonds. The summed E-state index contributed by atoms with van der Waals surface area (Å²) in [4.78, 5) is 0. The normalized spacial score (nSPS) is 11.0. The molecule has 0 radical (unpaired) electrons.